The molecule has 2 aliphatic rings. The number of likely N-dealkylation sites (tertiary alicyclic amines) is 1. The number of aryl methyl sites for hydroxylation is 1. The Kier molecular flexibility index (Phi) is 3.64. The second-order valence-corrected chi connectivity index (χ2v) is 6.46. The summed E-state index contributed by atoms with van der Waals surface area (Å²) in [6.07, 6.45) is 5.26. The van der Waals surface area contributed by atoms with Crippen molar-refractivity contribution in [1.82, 2.24) is 4.90 Å². The van der Waals surface area contributed by atoms with Crippen molar-refractivity contribution in [3.8, 4) is 0 Å². The first-order chi connectivity index (χ1) is 9.19. The molecule has 1 aromatic carbocycles. The van der Waals surface area contributed by atoms with Gasteiger partial charge in [0.2, 0.25) is 0 Å². The minimum atomic E-state index is 0.252. The average Bonchev–Trinajstić information content (AvgIpc) is 3.03. The molecule has 19 heavy (non-hydrogen) atoms. The van der Waals surface area contributed by atoms with Crippen LogP contribution in [0.1, 0.15) is 49.8 Å². The van der Waals surface area contributed by atoms with Gasteiger partial charge in [0.05, 0.1) is 6.04 Å². The lowest BCUT2D eigenvalue weighted by Gasteiger charge is -2.38. The molecule has 2 bridgehead atoms. The highest BCUT2D eigenvalue weighted by Crippen LogP contribution is 2.43. The molecule has 1 aromatic rings. The van der Waals surface area contributed by atoms with Crippen LogP contribution in [0.2, 0.25) is 0 Å². The van der Waals surface area contributed by atoms with Crippen LogP contribution in [0, 0.1) is 12.8 Å². The summed E-state index contributed by atoms with van der Waals surface area (Å²) in [6.45, 7) is 5.62. The molecule has 4 unspecified atom stereocenters. The van der Waals surface area contributed by atoms with Crippen LogP contribution in [0.25, 0.3) is 0 Å². The van der Waals surface area contributed by atoms with Crippen LogP contribution in [0.5, 0.6) is 0 Å². The summed E-state index contributed by atoms with van der Waals surface area (Å²) >= 11 is 0. The maximum absolute atomic E-state index is 6.46. The molecular weight excluding hydrogens is 232 g/mol. The van der Waals surface area contributed by atoms with Gasteiger partial charge in [-0.1, -0.05) is 36.8 Å². The smallest absolute Gasteiger partial charge is 0.0502 e. The van der Waals surface area contributed by atoms with Crippen molar-refractivity contribution in [2.24, 2.45) is 11.7 Å². The Bertz CT molecular complexity index is 425. The van der Waals surface area contributed by atoms with Gasteiger partial charge in [-0.05, 0) is 44.1 Å². The van der Waals surface area contributed by atoms with Gasteiger partial charge in [-0.2, -0.15) is 0 Å². The minimum Gasteiger partial charge on any atom is -0.326 e. The highest BCUT2D eigenvalue weighted by Gasteiger charge is 2.42. The standard InChI is InChI=1S/C17H26N2/c1-3-16(18)17(14-7-4-12(2)5-8-14)19-11-13-6-9-15(19)10-13/h4-5,7-8,13,15-17H,3,6,9-11,18H2,1-2H3. The van der Waals surface area contributed by atoms with Crippen molar-refractivity contribution in [3.05, 3.63) is 35.4 Å². The van der Waals surface area contributed by atoms with Gasteiger partial charge in [0, 0.05) is 18.6 Å². The zero-order valence-corrected chi connectivity index (χ0v) is 12.2. The van der Waals surface area contributed by atoms with E-state index < -0.39 is 0 Å². The van der Waals surface area contributed by atoms with Gasteiger partial charge in [-0.25, -0.2) is 0 Å². The molecule has 0 aromatic heterocycles. The number of fused-ring (bicyclic) bond motifs is 2. The summed E-state index contributed by atoms with van der Waals surface area (Å²) in [4.78, 5) is 2.70. The third kappa shape index (κ3) is 2.44. The van der Waals surface area contributed by atoms with Gasteiger partial charge in [-0.15, -0.1) is 0 Å². The third-order valence-electron chi connectivity index (χ3n) is 5.10. The zero-order valence-electron chi connectivity index (χ0n) is 12.2. The monoisotopic (exact) mass is 258 g/mol. The molecule has 1 heterocycles. The van der Waals surface area contributed by atoms with Gasteiger partial charge >= 0.3 is 0 Å². The van der Waals surface area contributed by atoms with E-state index in [-0.39, 0.29) is 6.04 Å². The predicted molar refractivity (Wildman–Crippen MR) is 80.0 cm³/mol. The molecule has 2 fully saturated rings. The highest BCUT2D eigenvalue weighted by atomic mass is 15.2. The molecule has 0 amide bonds. The van der Waals surface area contributed by atoms with Gasteiger partial charge in [0.1, 0.15) is 0 Å². The zero-order chi connectivity index (χ0) is 13.4. The maximum atomic E-state index is 6.46. The Labute approximate surface area is 117 Å². The summed E-state index contributed by atoms with van der Waals surface area (Å²) in [7, 11) is 0. The topological polar surface area (TPSA) is 29.3 Å². The normalized spacial score (nSPS) is 29.6. The Morgan fingerprint density at radius 2 is 2.00 bits per heavy atom. The van der Waals surface area contributed by atoms with Crippen molar-refractivity contribution in [3.63, 3.8) is 0 Å². The highest BCUT2D eigenvalue weighted by molar-refractivity contribution is 5.26. The lowest BCUT2D eigenvalue weighted by atomic mass is 9.93. The molecule has 2 N–H and O–H groups in total. The van der Waals surface area contributed by atoms with E-state index in [1.165, 1.54) is 36.9 Å². The molecular formula is C17H26N2. The first-order valence-electron chi connectivity index (χ1n) is 7.77. The van der Waals surface area contributed by atoms with E-state index in [1.807, 2.05) is 0 Å². The number of rotatable bonds is 4. The first-order valence-corrected chi connectivity index (χ1v) is 7.77. The van der Waals surface area contributed by atoms with Crippen LogP contribution < -0.4 is 5.73 Å². The molecule has 1 saturated carbocycles. The van der Waals surface area contributed by atoms with E-state index in [0.29, 0.717) is 6.04 Å². The Hall–Kier alpha value is -0.860. The Morgan fingerprint density at radius 3 is 2.53 bits per heavy atom. The van der Waals surface area contributed by atoms with Crippen LogP contribution in [0.4, 0.5) is 0 Å². The number of hydrogen-bond donors (Lipinski definition) is 1. The summed E-state index contributed by atoms with van der Waals surface area (Å²) in [5.74, 6) is 0.932. The Morgan fingerprint density at radius 1 is 1.26 bits per heavy atom. The van der Waals surface area contributed by atoms with Gasteiger partial charge < -0.3 is 5.73 Å². The van der Waals surface area contributed by atoms with Crippen LogP contribution in [-0.2, 0) is 0 Å². The van der Waals surface area contributed by atoms with Crippen molar-refractivity contribution in [2.45, 2.75) is 57.7 Å². The Balaban J connectivity index is 1.87. The second-order valence-electron chi connectivity index (χ2n) is 6.46. The SMILES string of the molecule is CCC(N)C(c1ccc(C)cc1)N1CC2CCC1C2. The average molecular weight is 258 g/mol. The number of nitrogens with two attached hydrogens (primary N) is 1. The van der Waals surface area contributed by atoms with Crippen LogP contribution >= 0.6 is 0 Å². The fourth-order valence-corrected chi connectivity index (χ4v) is 3.98. The van der Waals surface area contributed by atoms with Crippen LogP contribution in [-0.4, -0.2) is 23.5 Å². The number of piperidine rings is 1. The van der Waals surface area contributed by atoms with E-state index in [0.717, 1.165) is 18.4 Å². The maximum Gasteiger partial charge on any atom is 0.0502 e. The van der Waals surface area contributed by atoms with Gasteiger partial charge in [-0.3, -0.25) is 4.90 Å². The largest absolute Gasteiger partial charge is 0.326 e. The molecule has 1 saturated heterocycles. The molecule has 2 heteroatoms. The number of hydrogen-bond acceptors (Lipinski definition) is 2. The molecule has 4 atom stereocenters. The predicted octanol–water partition coefficient (Wildman–Crippen LogP) is 3.26. The third-order valence-corrected chi connectivity index (χ3v) is 5.10. The van der Waals surface area contributed by atoms with Crippen molar-refractivity contribution in [2.75, 3.05) is 6.54 Å². The second kappa shape index (κ2) is 5.26. The summed E-state index contributed by atoms with van der Waals surface area (Å²) in [6, 6.07) is 10.5. The quantitative estimate of drug-likeness (QED) is 0.898. The summed E-state index contributed by atoms with van der Waals surface area (Å²) in [5.41, 5.74) is 9.20. The molecule has 2 nitrogen and oxygen atoms in total. The van der Waals surface area contributed by atoms with Gasteiger partial charge in [0.15, 0.2) is 0 Å². The van der Waals surface area contributed by atoms with E-state index in [4.69, 9.17) is 5.73 Å². The lowest BCUT2D eigenvalue weighted by molar-refractivity contribution is 0.127. The minimum absolute atomic E-state index is 0.252. The first kappa shape index (κ1) is 13.1. The fraction of sp³-hybridized carbons (Fsp3) is 0.647. The van der Waals surface area contributed by atoms with E-state index in [2.05, 4.69) is 43.0 Å². The molecule has 104 valence electrons. The van der Waals surface area contributed by atoms with E-state index in [9.17, 15) is 0 Å². The van der Waals surface area contributed by atoms with Crippen molar-refractivity contribution in [1.29, 1.82) is 0 Å². The van der Waals surface area contributed by atoms with E-state index in [1.54, 1.807) is 0 Å². The molecule has 1 aliphatic carbocycles. The summed E-state index contributed by atoms with van der Waals surface area (Å²) in [5, 5.41) is 0. The lowest BCUT2D eigenvalue weighted by Crippen LogP contribution is -2.44. The molecule has 0 radical (unpaired) electrons. The molecule has 1 aliphatic heterocycles. The number of benzene rings is 1. The van der Waals surface area contributed by atoms with E-state index >= 15 is 0 Å². The van der Waals surface area contributed by atoms with Crippen LogP contribution in [0.3, 0.4) is 0 Å². The molecule has 3 rings (SSSR count). The van der Waals surface area contributed by atoms with Crippen LogP contribution in [0.15, 0.2) is 24.3 Å². The molecule has 0 spiro atoms. The number of nitrogens with zero attached hydrogens (tertiary/aromatic N) is 1. The van der Waals surface area contributed by atoms with Gasteiger partial charge in [0.25, 0.3) is 0 Å². The fourth-order valence-electron chi connectivity index (χ4n) is 3.98. The van der Waals surface area contributed by atoms with Crippen molar-refractivity contribution >= 4 is 0 Å². The van der Waals surface area contributed by atoms with Crippen molar-refractivity contribution < 1.29 is 0 Å². The summed E-state index contributed by atoms with van der Waals surface area (Å²) < 4.78 is 0.